The van der Waals surface area contributed by atoms with Crippen LogP contribution in [0, 0.1) is 0 Å². The van der Waals surface area contributed by atoms with Gasteiger partial charge in [0.05, 0.1) is 0 Å². The Morgan fingerprint density at radius 3 is 3.07 bits per heavy atom. The summed E-state index contributed by atoms with van der Waals surface area (Å²) < 4.78 is 5.42. The molecule has 0 amide bonds. The third-order valence-corrected chi connectivity index (χ3v) is 2.71. The van der Waals surface area contributed by atoms with E-state index >= 15 is 0 Å². The molecule has 1 aliphatic rings. The lowest BCUT2D eigenvalue weighted by Gasteiger charge is -2.12. The number of rotatable bonds is 1. The van der Waals surface area contributed by atoms with Gasteiger partial charge in [-0.1, -0.05) is 11.6 Å². The van der Waals surface area contributed by atoms with Gasteiger partial charge in [0, 0.05) is 5.02 Å². The van der Waals surface area contributed by atoms with Gasteiger partial charge >= 0.3 is 5.97 Å². The van der Waals surface area contributed by atoms with Crippen molar-refractivity contribution in [1.82, 2.24) is 0 Å². The Bertz CT molecular complexity index is 389. The molecule has 0 aliphatic carbocycles. The van der Waals surface area contributed by atoms with E-state index in [0.29, 0.717) is 17.2 Å². The molecule has 4 heteroatoms. The van der Waals surface area contributed by atoms with Crippen molar-refractivity contribution in [3.05, 3.63) is 28.8 Å². The molecule has 0 unspecified atom stereocenters. The van der Waals surface area contributed by atoms with Crippen molar-refractivity contribution in [3.63, 3.8) is 0 Å². The first-order valence-corrected chi connectivity index (χ1v) is 5.22. The van der Waals surface area contributed by atoms with E-state index in [0.717, 1.165) is 18.4 Å². The molecule has 2 rings (SSSR count). The molecule has 15 heavy (non-hydrogen) atoms. The smallest absolute Gasteiger partial charge is 0.344 e. The highest BCUT2D eigenvalue weighted by molar-refractivity contribution is 6.30. The monoisotopic (exact) mass is 226 g/mol. The molecular formula is C11H11ClO3. The van der Waals surface area contributed by atoms with Crippen molar-refractivity contribution in [3.8, 4) is 5.75 Å². The Morgan fingerprint density at radius 1 is 1.53 bits per heavy atom. The van der Waals surface area contributed by atoms with Crippen molar-refractivity contribution >= 4 is 17.6 Å². The van der Waals surface area contributed by atoms with Gasteiger partial charge in [-0.2, -0.15) is 0 Å². The van der Waals surface area contributed by atoms with E-state index in [9.17, 15) is 4.79 Å². The zero-order valence-corrected chi connectivity index (χ0v) is 8.83. The largest absolute Gasteiger partial charge is 0.479 e. The molecule has 1 N–H and O–H groups in total. The van der Waals surface area contributed by atoms with Gasteiger partial charge in [0.15, 0.2) is 6.10 Å². The van der Waals surface area contributed by atoms with Gasteiger partial charge in [-0.05, 0) is 43.0 Å². The number of benzene rings is 1. The molecule has 0 saturated heterocycles. The number of hydrogen-bond donors (Lipinski definition) is 1. The predicted molar refractivity (Wildman–Crippen MR) is 56.4 cm³/mol. The average molecular weight is 227 g/mol. The minimum atomic E-state index is -0.905. The summed E-state index contributed by atoms with van der Waals surface area (Å²) in [5.41, 5.74) is 0.992. The number of halogens is 1. The van der Waals surface area contributed by atoms with Gasteiger partial charge in [-0.25, -0.2) is 4.79 Å². The number of ether oxygens (including phenoxy) is 1. The molecule has 0 radical (unpaired) electrons. The van der Waals surface area contributed by atoms with Gasteiger partial charge < -0.3 is 9.84 Å². The normalized spacial score (nSPS) is 19.9. The Labute approximate surface area is 92.6 Å². The average Bonchev–Trinajstić information content (AvgIpc) is 2.39. The summed E-state index contributed by atoms with van der Waals surface area (Å²) in [5, 5.41) is 9.55. The molecular weight excluding hydrogens is 216 g/mol. The van der Waals surface area contributed by atoms with Crippen LogP contribution >= 0.6 is 11.6 Å². The van der Waals surface area contributed by atoms with E-state index in [1.54, 1.807) is 12.1 Å². The van der Waals surface area contributed by atoms with Crippen molar-refractivity contribution in [2.75, 3.05) is 0 Å². The van der Waals surface area contributed by atoms with Gasteiger partial charge in [0.25, 0.3) is 0 Å². The number of aryl methyl sites for hydroxylation is 1. The van der Waals surface area contributed by atoms with E-state index in [4.69, 9.17) is 21.4 Å². The molecule has 3 nitrogen and oxygen atoms in total. The Morgan fingerprint density at radius 2 is 2.33 bits per heavy atom. The van der Waals surface area contributed by atoms with Gasteiger partial charge in [-0.3, -0.25) is 0 Å². The summed E-state index contributed by atoms with van der Waals surface area (Å²) in [4.78, 5) is 10.8. The van der Waals surface area contributed by atoms with Gasteiger partial charge in [0.1, 0.15) is 5.75 Å². The molecule has 0 saturated carbocycles. The van der Waals surface area contributed by atoms with E-state index in [1.165, 1.54) is 0 Å². The predicted octanol–water partition coefficient (Wildman–Crippen LogP) is 2.51. The third-order valence-electron chi connectivity index (χ3n) is 2.48. The summed E-state index contributed by atoms with van der Waals surface area (Å²) in [6.07, 6.45) is 1.44. The summed E-state index contributed by atoms with van der Waals surface area (Å²) in [7, 11) is 0. The molecule has 0 fully saturated rings. The first kappa shape index (κ1) is 10.3. The van der Waals surface area contributed by atoms with Crippen molar-refractivity contribution in [2.45, 2.75) is 25.4 Å². The van der Waals surface area contributed by atoms with E-state index in [1.807, 2.05) is 6.07 Å². The van der Waals surface area contributed by atoms with Crippen LogP contribution in [-0.4, -0.2) is 17.2 Å². The maximum atomic E-state index is 10.8. The molecule has 1 heterocycles. The van der Waals surface area contributed by atoms with Crippen LogP contribution in [0.3, 0.4) is 0 Å². The zero-order chi connectivity index (χ0) is 10.8. The molecule has 1 atom stereocenters. The van der Waals surface area contributed by atoms with Crippen molar-refractivity contribution in [2.24, 2.45) is 0 Å². The molecule has 1 aromatic carbocycles. The summed E-state index contributed by atoms with van der Waals surface area (Å²) in [6.45, 7) is 0. The number of carboxylic acid groups (broad SMARTS) is 1. The van der Waals surface area contributed by atoms with Crippen LogP contribution in [0.1, 0.15) is 18.4 Å². The first-order valence-electron chi connectivity index (χ1n) is 4.85. The van der Waals surface area contributed by atoms with Gasteiger partial charge in [-0.15, -0.1) is 0 Å². The minimum Gasteiger partial charge on any atom is -0.479 e. The van der Waals surface area contributed by atoms with Crippen LogP contribution < -0.4 is 4.74 Å². The molecule has 1 aliphatic heterocycles. The fraction of sp³-hybridized carbons (Fsp3) is 0.364. The Balaban J connectivity index is 2.29. The topological polar surface area (TPSA) is 46.5 Å². The highest BCUT2D eigenvalue weighted by Crippen LogP contribution is 2.29. The lowest BCUT2D eigenvalue weighted by Crippen LogP contribution is -2.25. The highest BCUT2D eigenvalue weighted by atomic mass is 35.5. The van der Waals surface area contributed by atoms with E-state index < -0.39 is 12.1 Å². The van der Waals surface area contributed by atoms with Crippen LogP contribution in [-0.2, 0) is 11.2 Å². The second-order valence-corrected chi connectivity index (χ2v) is 4.03. The van der Waals surface area contributed by atoms with Crippen LogP contribution in [0.5, 0.6) is 5.75 Å². The van der Waals surface area contributed by atoms with Crippen LogP contribution in [0.25, 0.3) is 0 Å². The maximum absolute atomic E-state index is 10.8. The number of hydrogen-bond acceptors (Lipinski definition) is 2. The Hall–Kier alpha value is -1.22. The summed E-state index contributed by atoms with van der Waals surface area (Å²) in [5.74, 6) is -0.262. The summed E-state index contributed by atoms with van der Waals surface area (Å²) >= 11 is 5.86. The maximum Gasteiger partial charge on any atom is 0.344 e. The molecule has 1 aromatic rings. The fourth-order valence-corrected chi connectivity index (χ4v) is 1.92. The number of carboxylic acids is 1. The molecule has 0 spiro atoms. The van der Waals surface area contributed by atoms with Crippen LogP contribution in [0.2, 0.25) is 5.02 Å². The molecule has 0 aromatic heterocycles. The third kappa shape index (κ3) is 2.23. The fourth-order valence-electron chi connectivity index (χ4n) is 1.72. The lowest BCUT2D eigenvalue weighted by molar-refractivity contribution is -0.145. The van der Waals surface area contributed by atoms with Gasteiger partial charge in [0.2, 0.25) is 0 Å². The summed E-state index contributed by atoms with van der Waals surface area (Å²) in [6, 6.07) is 5.28. The van der Waals surface area contributed by atoms with Crippen molar-refractivity contribution < 1.29 is 14.6 Å². The van der Waals surface area contributed by atoms with Crippen molar-refractivity contribution in [1.29, 1.82) is 0 Å². The number of carbonyl (C=O) groups is 1. The van der Waals surface area contributed by atoms with Crippen LogP contribution in [0.4, 0.5) is 0 Å². The Kier molecular flexibility index (Phi) is 2.82. The van der Waals surface area contributed by atoms with E-state index in [-0.39, 0.29) is 0 Å². The number of aliphatic carboxylic acids is 1. The minimum absolute atomic E-state index is 0.543. The first-order chi connectivity index (χ1) is 7.16. The number of fused-ring (bicyclic) bond motifs is 1. The molecule has 0 bridgehead atoms. The second kappa shape index (κ2) is 4.11. The SMILES string of the molecule is O=C(O)[C@@H]1CCCc2cc(Cl)ccc2O1. The van der Waals surface area contributed by atoms with E-state index in [2.05, 4.69) is 0 Å². The highest BCUT2D eigenvalue weighted by Gasteiger charge is 2.23. The second-order valence-electron chi connectivity index (χ2n) is 3.59. The quantitative estimate of drug-likeness (QED) is 0.801. The standard InChI is InChI=1S/C11H11ClO3/c12-8-4-5-9-7(6-8)2-1-3-10(15-9)11(13)14/h4-6,10H,1-3H2,(H,13,14)/t10-/m0/s1. The zero-order valence-electron chi connectivity index (χ0n) is 8.07. The lowest BCUT2D eigenvalue weighted by atomic mass is 10.1. The van der Waals surface area contributed by atoms with Crippen LogP contribution in [0.15, 0.2) is 18.2 Å². The molecule has 80 valence electrons.